The first-order valence-corrected chi connectivity index (χ1v) is 5.19. The minimum absolute atomic E-state index is 0.117. The SMILES string of the molecule is CN(C)C(=O)CCc1ccc(C=O)s1. The van der Waals surface area contributed by atoms with Crippen LogP contribution in [0.4, 0.5) is 0 Å². The van der Waals surface area contributed by atoms with Gasteiger partial charge in [0.05, 0.1) is 4.88 Å². The summed E-state index contributed by atoms with van der Waals surface area (Å²) in [5, 5.41) is 0. The summed E-state index contributed by atoms with van der Waals surface area (Å²) in [6, 6.07) is 3.68. The third kappa shape index (κ3) is 2.96. The van der Waals surface area contributed by atoms with Gasteiger partial charge in [0, 0.05) is 25.4 Å². The predicted molar refractivity (Wildman–Crippen MR) is 56.7 cm³/mol. The predicted octanol–water partition coefficient (Wildman–Crippen LogP) is 1.58. The fraction of sp³-hybridized carbons (Fsp3) is 0.400. The first kappa shape index (κ1) is 10.9. The van der Waals surface area contributed by atoms with E-state index in [2.05, 4.69) is 0 Å². The fourth-order valence-electron chi connectivity index (χ4n) is 1.05. The molecule has 0 atom stereocenters. The zero-order valence-electron chi connectivity index (χ0n) is 8.32. The van der Waals surface area contributed by atoms with E-state index in [1.54, 1.807) is 25.1 Å². The molecule has 0 aliphatic heterocycles. The van der Waals surface area contributed by atoms with Crippen LogP contribution in [0.1, 0.15) is 21.0 Å². The van der Waals surface area contributed by atoms with E-state index in [0.29, 0.717) is 6.42 Å². The van der Waals surface area contributed by atoms with E-state index < -0.39 is 0 Å². The van der Waals surface area contributed by atoms with Gasteiger partial charge in [0.2, 0.25) is 5.91 Å². The molecule has 0 radical (unpaired) electrons. The number of hydrogen-bond acceptors (Lipinski definition) is 3. The molecule has 0 fully saturated rings. The topological polar surface area (TPSA) is 37.4 Å². The number of carbonyl (C=O) groups excluding carboxylic acids is 2. The van der Waals surface area contributed by atoms with Gasteiger partial charge < -0.3 is 4.90 Å². The fourth-order valence-corrected chi connectivity index (χ4v) is 1.87. The standard InChI is InChI=1S/C10H13NO2S/c1-11(2)10(13)6-5-8-3-4-9(7-12)14-8/h3-4,7H,5-6H2,1-2H3. The number of rotatable bonds is 4. The van der Waals surface area contributed by atoms with Crippen molar-refractivity contribution in [3.63, 3.8) is 0 Å². The molecule has 0 aromatic carbocycles. The number of amides is 1. The highest BCUT2D eigenvalue weighted by atomic mass is 32.1. The van der Waals surface area contributed by atoms with Crippen LogP contribution in [0.25, 0.3) is 0 Å². The highest BCUT2D eigenvalue weighted by molar-refractivity contribution is 7.13. The zero-order valence-corrected chi connectivity index (χ0v) is 9.13. The molecular weight excluding hydrogens is 198 g/mol. The van der Waals surface area contributed by atoms with Crippen molar-refractivity contribution < 1.29 is 9.59 Å². The molecule has 0 spiro atoms. The molecule has 4 heteroatoms. The Morgan fingerprint density at radius 2 is 2.21 bits per heavy atom. The molecule has 1 aromatic rings. The van der Waals surface area contributed by atoms with Crippen LogP contribution in [0, 0.1) is 0 Å². The molecule has 0 unspecified atom stereocenters. The Balaban J connectivity index is 2.45. The number of thiophene rings is 1. The Morgan fingerprint density at radius 1 is 1.50 bits per heavy atom. The van der Waals surface area contributed by atoms with Gasteiger partial charge >= 0.3 is 0 Å². The Labute approximate surface area is 87.3 Å². The maximum atomic E-state index is 11.3. The number of nitrogens with zero attached hydrogens (tertiary/aromatic N) is 1. The third-order valence-corrected chi connectivity index (χ3v) is 2.95. The summed E-state index contributed by atoms with van der Waals surface area (Å²) in [5.74, 6) is 0.117. The molecule has 0 aliphatic rings. The van der Waals surface area contributed by atoms with Crippen molar-refractivity contribution in [2.45, 2.75) is 12.8 Å². The molecule has 0 saturated carbocycles. The highest BCUT2D eigenvalue weighted by Crippen LogP contribution is 2.16. The van der Waals surface area contributed by atoms with Crippen molar-refractivity contribution in [1.82, 2.24) is 4.90 Å². The summed E-state index contributed by atoms with van der Waals surface area (Å²) in [4.78, 5) is 25.0. The largest absolute Gasteiger partial charge is 0.349 e. The lowest BCUT2D eigenvalue weighted by Crippen LogP contribution is -2.21. The summed E-state index contributed by atoms with van der Waals surface area (Å²) >= 11 is 1.45. The summed E-state index contributed by atoms with van der Waals surface area (Å²) in [6.45, 7) is 0. The van der Waals surface area contributed by atoms with E-state index in [0.717, 1.165) is 22.5 Å². The van der Waals surface area contributed by atoms with Gasteiger partial charge in [0.15, 0.2) is 6.29 Å². The van der Waals surface area contributed by atoms with Gasteiger partial charge in [-0.25, -0.2) is 0 Å². The van der Waals surface area contributed by atoms with Gasteiger partial charge in [0.25, 0.3) is 0 Å². The van der Waals surface area contributed by atoms with Crippen LogP contribution in [0.2, 0.25) is 0 Å². The Kier molecular flexibility index (Phi) is 3.83. The quantitative estimate of drug-likeness (QED) is 0.709. The lowest BCUT2D eigenvalue weighted by atomic mass is 10.2. The summed E-state index contributed by atoms with van der Waals surface area (Å²) < 4.78 is 0. The minimum atomic E-state index is 0.117. The molecule has 14 heavy (non-hydrogen) atoms. The number of hydrogen-bond donors (Lipinski definition) is 0. The number of carbonyl (C=O) groups is 2. The van der Waals surface area contributed by atoms with Crippen molar-refractivity contribution in [3.8, 4) is 0 Å². The molecule has 0 bridgehead atoms. The molecule has 1 aromatic heterocycles. The van der Waals surface area contributed by atoms with E-state index in [1.165, 1.54) is 11.3 Å². The smallest absolute Gasteiger partial charge is 0.222 e. The second-order valence-corrected chi connectivity index (χ2v) is 4.41. The lowest BCUT2D eigenvalue weighted by Gasteiger charge is -2.08. The van der Waals surface area contributed by atoms with Crippen molar-refractivity contribution in [1.29, 1.82) is 0 Å². The molecule has 1 amide bonds. The Bertz CT molecular complexity index is 331. The van der Waals surface area contributed by atoms with E-state index in [1.807, 2.05) is 6.07 Å². The average molecular weight is 211 g/mol. The van der Waals surface area contributed by atoms with Crippen LogP contribution in [-0.4, -0.2) is 31.2 Å². The van der Waals surface area contributed by atoms with E-state index in [9.17, 15) is 9.59 Å². The highest BCUT2D eigenvalue weighted by Gasteiger charge is 2.05. The maximum absolute atomic E-state index is 11.3. The van der Waals surface area contributed by atoms with Crippen molar-refractivity contribution >= 4 is 23.5 Å². The number of aldehydes is 1. The summed E-state index contributed by atoms with van der Waals surface area (Å²) in [5.41, 5.74) is 0. The molecule has 3 nitrogen and oxygen atoms in total. The first-order chi connectivity index (χ1) is 6.63. The van der Waals surface area contributed by atoms with Crippen molar-refractivity contribution in [2.24, 2.45) is 0 Å². The van der Waals surface area contributed by atoms with E-state index in [4.69, 9.17) is 0 Å². The third-order valence-electron chi connectivity index (χ3n) is 1.88. The normalized spacial score (nSPS) is 9.86. The first-order valence-electron chi connectivity index (χ1n) is 4.37. The molecule has 1 heterocycles. The minimum Gasteiger partial charge on any atom is -0.349 e. The van der Waals surface area contributed by atoms with E-state index >= 15 is 0 Å². The molecule has 0 N–H and O–H groups in total. The van der Waals surface area contributed by atoms with Gasteiger partial charge in [-0.15, -0.1) is 11.3 Å². The van der Waals surface area contributed by atoms with Crippen LogP contribution < -0.4 is 0 Å². The van der Waals surface area contributed by atoms with Gasteiger partial charge in [-0.2, -0.15) is 0 Å². The second kappa shape index (κ2) is 4.91. The van der Waals surface area contributed by atoms with Crippen molar-refractivity contribution in [3.05, 3.63) is 21.9 Å². The van der Waals surface area contributed by atoms with Gasteiger partial charge in [-0.1, -0.05) is 0 Å². The molecular formula is C10H13NO2S. The van der Waals surface area contributed by atoms with Gasteiger partial charge in [-0.05, 0) is 18.6 Å². The molecule has 1 rings (SSSR count). The summed E-state index contributed by atoms with van der Waals surface area (Å²) in [7, 11) is 3.49. The number of aryl methyl sites for hydroxylation is 1. The average Bonchev–Trinajstić information content (AvgIpc) is 2.61. The van der Waals surface area contributed by atoms with E-state index in [-0.39, 0.29) is 5.91 Å². The Hall–Kier alpha value is -1.16. The monoisotopic (exact) mass is 211 g/mol. The molecule has 0 aliphatic carbocycles. The second-order valence-electron chi connectivity index (χ2n) is 3.21. The molecule has 0 saturated heterocycles. The summed E-state index contributed by atoms with van der Waals surface area (Å²) in [6.07, 6.45) is 2.06. The Morgan fingerprint density at radius 3 is 2.71 bits per heavy atom. The molecule has 76 valence electrons. The van der Waals surface area contributed by atoms with Crippen LogP contribution in [0.5, 0.6) is 0 Å². The van der Waals surface area contributed by atoms with Crippen LogP contribution >= 0.6 is 11.3 Å². The lowest BCUT2D eigenvalue weighted by molar-refractivity contribution is -0.128. The van der Waals surface area contributed by atoms with Crippen LogP contribution in [0.3, 0.4) is 0 Å². The van der Waals surface area contributed by atoms with Crippen LogP contribution in [0.15, 0.2) is 12.1 Å². The van der Waals surface area contributed by atoms with Crippen LogP contribution in [-0.2, 0) is 11.2 Å². The van der Waals surface area contributed by atoms with Gasteiger partial charge in [-0.3, -0.25) is 9.59 Å². The van der Waals surface area contributed by atoms with Gasteiger partial charge in [0.1, 0.15) is 0 Å². The van der Waals surface area contributed by atoms with Crippen molar-refractivity contribution in [2.75, 3.05) is 14.1 Å². The maximum Gasteiger partial charge on any atom is 0.222 e. The zero-order chi connectivity index (χ0) is 10.6.